The van der Waals surface area contributed by atoms with Crippen LogP contribution in [0.5, 0.6) is 5.75 Å². The summed E-state index contributed by atoms with van der Waals surface area (Å²) < 4.78 is 11.3. The van der Waals surface area contributed by atoms with Crippen molar-refractivity contribution >= 4 is 23.4 Å². The van der Waals surface area contributed by atoms with E-state index in [1.807, 2.05) is 57.2 Å². The summed E-state index contributed by atoms with van der Waals surface area (Å²) in [6, 6.07) is 13.4. The number of rotatable bonds is 7. The van der Waals surface area contributed by atoms with Crippen molar-refractivity contribution in [2.45, 2.75) is 38.2 Å². The molecule has 3 aromatic rings. The maximum atomic E-state index is 12.6. The second kappa shape index (κ2) is 8.93. The molecule has 0 saturated heterocycles. The van der Waals surface area contributed by atoms with Gasteiger partial charge < -0.3 is 14.5 Å². The van der Waals surface area contributed by atoms with Gasteiger partial charge in [0.15, 0.2) is 0 Å². The molecule has 0 saturated carbocycles. The van der Waals surface area contributed by atoms with E-state index in [9.17, 15) is 4.79 Å². The number of amides is 1. The van der Waals surface area contributed by atoms with Gasteiger partial charge in [0.25, 0.3) is 5.22 Å². The van der Waals surface area contributed by atoms with Gasteiger partial charge >= 0.3 is 0 Å². The van der Waals surface area contributed by atoms with E-state index in [0.29, 0.717) is 29.2 Å². The Labute approximate surface area is 168 Å². The molecule has 1 aromatic heterocycles. The Morgan fingerprint density at radius 3 is 2.61 bits per heavy atom. The van der Waals surface area contributed by atoms with E-state index in [-0.39, 0.29) is 5.91 Å². The van der Waals surface area contributed by atoms with Gasteiger partial charge in [0, 0.05) is 5.56 Å². The number of carbonyl (C=O) groups excluding carboxylic acids is 1. The van der Waals surface area contributed by atoms with Crippen molar-refractivity contribution in [1.29, 1.82) is 0 Å². The maximum absolute atomic E-state index is 12.6. The van der Waals surface area contributed by atoms with Gasteiger partial charge in [-0.15, -0.1) is 10.2 Å². The first-order valence-corrected chi connectivity index (χ1v) is 9.95. The average molecular weight is 398 g/mol. The number of carbonyl (C=O) groups is 1. The van der Waals surface area contributed by atoms with Crippen molar-refractivity contribution in [2.75, 3.05) is 11.9 Å². The highest BCUT2D eigenvalue weighted by Gasteiger charge is 2.20. The Balaban J connectivity index is 1.67. The zero-order valence-corrected chi connectivity index (χ0v) is 17.2. The van der Waals surface area contributed by atoms with Crippen LogP contribution in [0.2, 0.25) is 0 Å². The van der Waals surface area contributed by atoms with Crippen molar-refractivity contribution < 1.29 is 13.9 Å². The Kier molecular flexibility index (Phi) is 6.36. The third-order valence-corrected chi connectivity index (χ3v) is 4.90. The van der Waals surface area contributed by atoms with Gasteiger partial charge in [-0.1, -0.05) is 41.1 Å². The van der Waals surface area contributed by atoms with E-state index in [4.69, 9.17) is 9.15 Å². The van der Waals surface area contributed by atoms with Crippen LogP contribution in [0.4, 0.5) is 5.69 Å². The molecule has 0 aliphatic heterocycles. The van der Waals surface area contributed by atoms with E-state index >= 15 is 0 Å². The predicted octanol–water partition coefficient (Wildman–Crippen LogP) is 4.87. The van der Waals surface area contributed by atoms with Crippen LogP contribution < -0.4 is 10.1 Å². The molecule has 7 heteroatoms. The molecule has 28 heavy (non-hydrogen) atoms. The van der Waals surface area contributed by atoms with E-state index in [2.05, 4.69) is 21.6 Å². The molecule has 0 aliphatic carbocycles. The molecule has 2 aromatic carbocycles. The number of nitrogens with one attached hydrogen (secondary N) is 1. The number of hydrogen-bond acceptors (Lipinski definition) is 6. The van der Waals surface area contributed by atoms with E-state index in [1.54, 1.807) is 6.92 Å². The molecule has 1 N–H and O–H groups in total. The molecular weight excluding hydrogens is 374 g/mol. The van der Waals surface area contributed by atoms with Crippen LogP contribution in [0.25, 0.3) is 11.5 Å². The zero-order valence-electron chi connectivity index (χ0n) is 16.4. The van der Waals surface area contributed by atoms with Gasteiger partial charge in [0.1, 0.15) is 5.75 Å². The second-order valence-corrected chi connectivity index (χ2v) is 7.72. The van der Waals surface area contributed by atoms with Crippen LogP contribution in [-0.2, 0) is 4.79 Å². The lowest BCUT2D eigenvalue weighted by molar-refractivity contribution is -0.115. The van der Waals surface area contributed by atoms with Gasteiger partial charge in [-0.25, -0.2) is 0 Å². The third kappa shape index (κ3) is 4.92. The third-order valence-electron chi connectivity index (χ3n) is 3.97. The summed E-state index contributed by atoms with van der Waals surface area (Å²) in [6.07, 6.45) is 0. The smallest absolute Gasteiger partial charge is 0.277 e. The monoisotopic (exact) mass is 397 g/mol. The molecule has 0 aliphatic rings. The molecule has 1 unspecified atom stereocenters. The fourth-order valence-electron chi connectivity index (χ4n) is 2.76. The Bertz CT molecular complexity index is 951. The molecule has 0 fully saturated rings. The number of nitrogens with zero attached hydrogens (tertiary/aromatic N) is 2. The zero-order chi connectivity index (χ0) is 20.1. The van der Waals surface area contributed by atoms with E-state index < -0.39 is 5.25 Å². The summed E-state index contributed by atoms with van der Waals surface area (Å²) in [4.78, 5) is 12.6. The van der Waals surface area contributed by atoms with E-state index in [1.165, 1.54) is 11.8 Å². The minimum atomic E-state index is -0.415. The molecular formula is C21H23N3O3S. The SMILES string of the molecule is CCOc1ccccc1NC(=O)C(C)Sc1nnc(-c2cc(C)cc(C)c2)o1. The van der Waals surface area contributed by atoms with Crippen LogP contribution in [0.1, 0.15) is 25.0 Å². The molecule has 1 heterocycles. The fourth-order valence-corrected chi connectivity index (χ4v) is 3.45. The second-order valence-electron chi connectivity index (χ2n) is 6.43. The molecule has 146 valence electrons. The fraction of sp³-hybridized carbons (Fsp3) is 0.286. The van der Waals surface area contributed by atoms with Gasteiger partial charge in [-0.2, -0.15) is 0 Å². The first-order chi connectivity index (χ1) is 13.5. The number of thioether (sulfide) groups is 1. The summed E-state index contributed by atoms with van der Waals surface area (Å²) in [7, 11) is 0. The van der Waals surface area contributed by atoms with Crippen molar-refractivity contribution in [3.05, 3.63) is 53.6 Å². The maximum Gasteiger partial charge on any atom is 0.277 e. The number of aryl methyl sites for hydroxylation is 2. The standard InChI is InChI=1S/C21H23N3O3S/c1-5-26-18-9-7-6-8-17(18)22-19(25)15(4)28-21-24-23-20(27-21)16-11-13(2)10-14(3)12-16/h6-12,15H,5H2,1-4H3,(H,22,25). The summed E-state index contributed by atoms with van der Waals surface area (Å²) in [5.74, 6) is 0.928. The van der Waals surface area contributed by atoms with Crippen molar-refractivity contribution in [2.24, 2.45) is 0 Å². The van der Waals surface area contributed by atoms with Crippen LogP contribution in [0, 0.1) is 13.8 Å². The molecule has 0 radical (unpaired) electrons. The first-order valence-electron chi connectivity index (χ1n) is 9.07. The lowest BCUT2D eigenvalue weighted by Gasteiger charge is -2.13. The molecule has 0 bridgehead atoms. The summed E-state index contributed by atoms with van der Waals surface area (Å²) in [5, 5.41) is 11.0. The molecule has 3 rings (SSSR count). The van der Waals surface area contributed by atoms with Gasteiger partial charge in [0.05, 0.1) is 17.5 Å². The van der Waals surface area contributed by atoms with E-state index in [0.717, 1.165) is 16.7 Å². The lowest BCUT2D eigenvalue weighted by Crippen LogP contribution is -2.22. The molecule has 0 spiro atoms. The van der Waals surface area contributed by atoms with Crippen LogP contribution in [-0.4, -0.2) is 28.0 Å². The van der Waals surface area contributed by atoms with Gasteiger partial charge in [0.2, 0.25) is 11.8 Å². The highest BCUT2D eigenvalue weighted by Crippen LogP contribution is 2.29. The number of anilines is 1. The number of aromatic nitrogens is 2. The van der Waals surface area contributed by atoms with Gasteiger partial charge in [-0.05, 0) is 52.0 Å². The minimum absolute atomic E-state index is 0.164. The van der Waals surface area contributed by atoms with Crippen molar-refractivity contribution in [3.63, 3.8) is 0 Å². The summed E-state index contributed by atoms with van der Waals surface area (Å²) in [6.45, 7) is 8.27. The van der Waals surface area contributed by atoms with Crippen LogP contribution in [0.15, 0.2) is 52.1 Å². The van der Waals surface area contributed by atoms with Crippen LogP contribution in [0.3, 0.4) is 0 Å². The quantitative estimate of drug-likeness (QED) is 0.573. The molecule has 1 atom stereocenters. The largest absolute Gasteiger partial charge is 0.492 e. The van der Waals surface area contributed by atoms with Crippen LogP contribution >= 0.6 is 11.8 Å². The lowest BCUT2D eigenvalue weighted by atomic mass is 10.1. The highest BCUT2D eigenvalue weighted by atomic mass is 32.2. The molecule has 1 amide bonds. The number of hydrogen-bond donors (Lipinski definition) is 1. The summed E-state index contributed by atoms with van der Waals surface area (Å²) in [5.41, 5.74) is 3.77. The number of para-hydroxylation sites is 2. The average Bonchev–Trinajstić information content (AvgIpc) is 3.11. The van der Waals surface area contributed by atoms with Gasteiger partial charge in [-0.3, -0.25) is 4.79 Å². The Hall–Kier alpha value is -2.80. The Morgan fingerprint density at radius 2 is 1.89 bits per heavy atom. The predicted molar refractivity (Wildman–Crippen MR) is 111 cm³/mol. The summed E-state index contributed by atoms with van der Waals surface area (Å²) >= 11 is 1.22. The molecule has 6 nitrogen and oxygen atoms in total. The minimum Gasteiger partial charge on any atom is -0.492 e. The Morgan fingerprint density at radius 1 is 1.18 bits per heavy atom. The highest BCUT2D eigenvalue weighted by molar-refractivity contribution is 8.00. The van der Waals surface area contributed by atoms with Crippen molar-refractivity contribution in [3.8, 4) is 17.2 Å². The van der Waals surface area contributed by atoms with Crippen molar-refractivity contribution in [1.82, 2.24) is 10.2 Å². The number of ether oxygens (including phenoxy) is 1. The topological polar surface area (TPSA) is 77.2 Å². The first kappa shape index (κ1) is 19.9. The number of benzene rings is 2. The normalized spacial score (nSPS) is 11.9.